The molecule has 4 nitrogen and oxygen atoms in total. The predicted molar refractivity (Wildman–Crippen MR) is 58.9 cm³/mol. The molecule has 1 aromatic carbocycles. The van der Waals surface area contributed by atoms with Gasteiger partial charge in [-0.2, -0.15) is 0 Å². The van der Waals surface area contributed by atoms with Crippen LogP contribution < -0.4 is 10.1 Å². The van der Waals surface area contributed by atoms with Crippen LogP contribution in [0.15, 0.2) is 6.07 Å². The van der Waals surface area contributed by atoms with Crippen LogP contribution in [-0.4, -0.2) is 18.3 Å². The lowest BCUT2D eigenvalue weighted by molar-refractivity contribution is 0.209. The van der Waals surface area contributed by atoms with Crippen LogP contribution >= 0.6 is 0 Å². The average molecular weight is 209 g/mol. The maximum absolute atomic E-state index is 10.6. The Bertz CT molecular complexity index is 399. The number of ether oxygens (including phenoxy) is 1. The minimum Gasteiger partial charge on any atom is -0.496 e. The Morgan fingerprint density at radius 3 is 2.40 bits per heavy atom. The Hall–Kier alpha value is -1.71. The van der Waals surface area contributed by atoms with E-state index >= 15 is 0 Å². The maximum Gasteiger partial charge on any atom is 0.409 e. The fraction of sp³-hybridized carbons (Fsp3) is 0.364. The van der Waals surface area contributed by atoms with Crippen molar-refractivity contribution in [3.05, 3.63) is 22.8 Å². The molecule has 0 radical (unpaired) electrons. The number of methoxy groups -OCH3 is 1. The van der Waals surface area contributed by atoms with Crippen molar-refractivity contribution in [2.45, 2.75) is 20.8 Å². The zero-order valence-electron chi connectivity index (χ0n) is 9.34. The fourth-order valence-electron chi connectivity index (χ4n) is 1.62. The van der Waals surface area contributed by atoms with Crippen molar-refractivity contribution < 1.29 is 14.6 Å². The molecule has 0 spiro atoms. The van der Waals surface area contributed by atoms with Crippen molar-refractivity contribution in [1.82, 2.24) is 0 Å². The van der Waals surface area contributed by atoms with E-state index in [1.54, 1.807) is 13.2 Å². The van der Waals surface area contributed by atoms with Crippen molar-refractivity contribution in [2.75, 3.05) is 12.4 Å². The summed E-state index contributed by atoms with van der Waals surface area (Å²) in [6.45, 7) is 5.66. The first-order chi connectivity index (χ1) is 6.97. The Labute approximate surface area is 88.9 Å². The van der Waals surface area contributed by atoms with Gasteiger partial charge in [0.15, 0.2) is 0 Å². The van der Waals surface area contributed by atoms with Gasteiger partial charge in [0.1, 0.15) is 5.75 Å². The summed E-state index contributed by atoms with van der Waals surface area (Å²) in [4.78, 5) is 10.6. The summed E-state index contributed by atoms with van der Waals surface area (Å²) in [6.07, 6.45) is -1.05. The summed E-state index contributed by atoms with van der Waals surface area (Å²) >= 11 is 0. The maximum atomic E-state index is 10.6. The number of anilines is 1. The molecule has 0 aliphatic carbocycles. The summed E-state index contributed by atoms with van der Waals surface area (Å²) in [5, 5.41) is 11.0. The van der Waals surface area contributed by atoms with Gasteiger partial charge in [-0.05, 0) is 43.5 Å². The van der Waals surface area contributed by atoms with Gasteiger partial charge in [0.25, 0.3) is 0 Å². The SMILES string of the molecule is COc1c(C)cc(NC(=O)O)c(C)c1C. The fourth-order valence-corrected chi connectivity index (χ4v) is 1.62. The lowest BCUT2D eigenvalue weighted by atomic mass is 10.0. The Balaban J connectivity index is 3.27. The molecular weight excluding hydrogens is 194 g/mol. The van der Waals surface area contributed by atoms with Crippen LogP contribution in [0.2, 0.25) is 0 Å². The molecule has 0 saturated carbocycles. The van der Waals surface area contributed by atoms with Gasteiger partial charge in [0, 0.05) is 5.69 Å². The van der Waals surface area contributed by atoms with Crippen molar-refractivity contribution in [3.63, 3.8) is 0 Å². The van der Waals surface area contributed by atoms with Crippen LogP contribution in [0, 0.1) is 20.8 Å². The molecule has 0 bridgehead atoms. The van der Waals surface area contributed by atoms with E-state index < -0.39 is 6.09 Å². The molecule has 15 heavy (non-hydrogen) atoms. The average Bonchev–Trinajstić information content (AvgIpc) is 2.14. The van der Waals surface area contributed by atoms with Gasteiger partial charge >= 0.3 is 6.09 Å². The van der Waals surface area contributed by atoms with Gasteiger partial charge in [-0.3, -0.25) is 5.32 Å². The van der Waals surface area contributed by atoms with E-state index in [2.05, 4.69) is 5.32 Å². The van der Waals surface area contributed by atoms with Gasteiger partial charge in [-0.1, -0.05) is 0 Å². The number of benzene rings is 1. The second kappa shape index (κ2) is 4.21. The van der Waals surface area contributed by atoms with E-state index in [0.717, 1.165) is 22.4 Å². The zero-order chi connectivity index (χ0) is 11.6. The lowest BCUT2D eigenvalue weighted by Crippen LogP contribution is -2.10. The van der Waals surface area contributed by atoms with E-state index in [9.17, 15) is 4.79 Å². The highest BCUT2D eigenvalue weighted by Gasteiger charge is 2.11. The molecule has 0 fully saturated rings. The molecule has 0 unspecified atom stereocenters. The Morgan fingerprint density at radius 2 is 1.93 bits per heavy atom. The standard InChI is InChI=1S/C11H15NO3/c1-6-5-9(12-11(13)14)7(2)8(3)10(6)15-4/h5,12H,1-4H3,(H,13,14). The van der Waals surface area contributed by atoms with Crippen molar-refractivity contribution in [2.24, 2.45) is 0 Å². The van der Waals surface area contributed by atoms with E-state index in [1.165, 1.54) is 0 Å². The van der Waals surface area contributed by atoms with Crippen molar-refractivity contribution in [3.8, 4) is 5.75 Å². The summed E-state index contributed by atoms with van der Waals surface area (Å²) < 4.78 is 5.24. The second-order valence-electron chi connectivity index (χ2n) is 3.45. The van der Waals surface area contributed by atoms with E-state index in [4.69, 9.17) is 9.84 Å². The smallest absolute Gasteiger partial charge is 0.409 e. The molecule has 0 aromatic heterocycles. The quantitative estimate of drug-likeness (QED) is 0.787. The highest BCUT2D eigenvalue weighted by Crippen LogP contribution is 2.31. The summed E-state index contributed by atoms with van der Waals surface area (Å²) in [5.74, 6) is 0.809. The number of nitrogens with one attached hydrogen (secondary N) is 1. The molecular formula is C11H15NO3. The zero-order valence-corrected chi connectivity index (χ0v) is 9.34. The summed E-state index contributed by atoms with van der Waals surface area (Å²) in [7, 11) is 1.61. The predicted octanol–water partition coefficient (Wildman–Crippen LogP) is 2.71. The molecule has 1 amide bonds. The summed E-state index contributed by atoms with van der Waals surface area (Å²) in [5.41, 5.74) is 3.38. The molecule has 0 heterocycles. The molecule has 1 aromatic rings. The van der Waals surface area contributed by atoms with Crippen LogP contribution in [-0.2, 0) is 0 Å². The number of hydrogen-bond acceptors (Lipinski definition) is 2. The highest BCUT2D eigenvalue weighted by atomic mass is 16.5. The molecule has 0 aliphatic rings. The van der Waals surface area contributed by atoms with Gasteiger partial charge in [0.05, 0.1) is 7.11 Å². The van der Waals surface area contributed by atoms with Crippen molar-refractivity contribution in [1.29, 1.82) is 0 Å². The third kappa shape index (κ3) is 2.21. The van der Waals surface area contributed by atoms with E-state index in [1.807, 2.05) is 20.8 Å². The van der Waals surface area contributed by atoms with E-state index in [-0.39, 0.29) is 0 Å². The largest absolute Gasteiger partial charge is 0.496 e. The van der Waals surface area contributed by atoms with Crippen LogP contribution in [0.1, 0.15) is 16.7 Å². The highest BCUT2D eigenvalue weighted by molar-refractivity contribution is 5.85. The minimum absolute atomic E-state index is 0.610. The molecule has 4 heteroatoms. The topological polar surface area (TPSA) is 58.6 Å². The molecule has 0 saturated heterocycles. The van der Waals surface area contributed by atoms with E-state index in [0.29, 0.717) is 5.69 Å². The summed E-state index contributed by atoms with van der Waals surface area (Å²) in [6, 6.07) is 1.77. The Morgan fingerprint density at radius 1 is 1.33 bits per heavy atom. The van der Waals surface area contributed by atoms with Gasteiger partial charge in [-0.15, -0.1) is 0 Å². The monoisotopic (exact) mass is 209 g/mol. The Kier molecular flexibility index (Phi) is 3.19. The van der Waals surface area contributed by atoms with Crippen LogP contribution in [0.3, 0.4) is 0 Å². The van der Waals surface area contributed by atoms with Gasteiger partial charge in [-0.25, -0.2) is 4.79 Å². The number of rotatable bonds is 2. The normalized spacial score (nSPS) is 9.87. The molecule has 82 valence electrons. The third-order valence-corrected chi connectivity index (χ3v) is 2.47. The molecule has 0 atom stereocenters. The van der Waals surface area contributed by atoms with Gasteiger partial charge in [0.2, 0.25) is 0 Å². The molecule has 2 N–H and O–H groups in total. The number of hydrogen-bond donors (Lipinski definition) is 2. The minimum atomic E-state index is -1.05. The second-order valence-corrected chi connectivity index (χ2v) is 3.45. The lowest BCUT2D eigenvalue weighted by Gasteiger charge is -2.15. The molecule has 0 aliphatic heterocycles. The van der Waals surface area contributed by atoms with Gasteiger partial charge < -0.3 is 9.84 Å². The first-order valence-electron chi connectivity index (χ1n) is 4.62. The first-order valence-corrected chi connectivity index (χ1v) is 4.62. The third-order valence-electron chi connectivity index (χ3n) is 2.47. The first kappa shape index (κ1) is 11.4. The number of carboxylic acid groups (broad SMARTS) is 1. The molecule has 1 rings (SSSR count). The van der Waals surface area contributed by atoms with Crippen LogP contribution in [0.5, 0.6) is 5.75 Å². The number of amides is 1. The van der Waals surface area contributed by atoms with Crippen molar-refractivity contribution >= 4 is 11.8 Å². The number of carbonyl (C=O) groups is 1. The van der Waals surface area contributed by atoms with Crippen LogP contribution in [0.25, 0.3) is 0 Å². The number of aryl methyl sites for hydroxylation is 1. The van der Waals surface area contributed by atoms with Crippen LogP contribution in [0.4, 0.5) is 10.5 Å².